The Morgan fingerprint density at radius 3 is 2.69 bits per heavy atom. The van der Waals surface area contributed by atoms with Crippen molar-refractivity contribution >= 4 is 22.5 Å². The van der Waals surface area contributed by atoms with E-state index in [1.54, 1.807) is 6.07 Å². The smallest absolute Gasteiger partial charge is 0.260 e. The average Bonchev–Trinajstić information content (AvgIpc) is 2.54. The van der Waals surface area contributed by atoms with E-state index in [2.05, 4.69) is 11.9 Å². The lowest BCUT2D eigenvalue weighted by molar-refractivity contribution is 0.210. The topological polar surface area (TPSA) is 34.9 Å². The van der Waals surface area contributed by atoms with Crippen LogP contribution in [0.2, 0.25) is 5.02 Å². The molecule has 3 aromatic rings. The van der Waals surface area contributed by atoms with Crippen molar-refractivity contribution in [3.63, 3.8) is 0 Å². The van der Waals surface area contributed by atoms with E-state index in [0.717, 1.165) is 18.4 Å². The van der Waals surface area contributed by atoms with E-state index in [-0.39, 0.29) is 5.02 Å². The highest BCUT2D eigenvalue weighted by molar-refractivity contribution is 6.31. The summed E-state index contributed by atoms with van der Waals surface area (Å²) in [5.74, 6) is 0.729. The van der Waals surface area contributed by atoms with Crippen LogP contribution in [0.4, 0.5) is 4.39 Å². The van der Waals surface area contributed by atoms with E-state index in [0.29, 0.717) is 40.5 Å². The van der Waals surface area contributed by atoms with Gasteiger partial charge in [-0.1, -0.05) is 36.7 Å². The van der Waals surface area contributed by atoms with Crippen molar-refractivity contribution in [1.29, 1.82) is 0 Å². The van der Waals surface area contributed by atoms with Crippen molar-refractivity contribution < 1.29 is 4.39 Å². The largest absolute Gasteiger partial charge is 0.352 e. The molecule has 1 saturated carbocycles. The average molecular weight is 371 g/mol. The second-order valence-electron chi connectivity index (χ2n) is 7.39. The summed E-state index contributed by atoms with van der Waals surface area (Å²) in [6, 6.07) is 10.5. The summed E-state index contributed by atoms with van der Waals surface area (Å²) in [6.07, 6.45) is 2.82. The normalized spacial score (nSPS) is 19.5. The Bertz CT molecular complexity index is 1050. The Kier molecular flexibility index (Phi) is 4.31. The van der Waals surface area contributed by atoms with Crippen LogP contribution in [0, 0.1) is 24.6 Å². The van der Waals surface area contributed by atoms with Crippen LogP contribution in [0.5, 0.6) is 0 Å². The Hall–Kier alpha value is -2.20. The summed E-state index contributed by atoms with van der Waals surface area (Å²) in [6.45, 7) is 4.12. The highest BCUT2D eigenvalue weighted by atomic mass is 35.5. The van der Waals surface area contributed by atoms with Crippen LogP contribution in [0.1, 0.15) is 31.0 Å². The van der Waals surface area contributed by atoms with Crippen LogP contribution in [-0.2, 0) is 6.42 Å². The number of hydrogen-bond donors (Lipinski definition) is 0. The molecule has 1 aliphatic carbocycles. The van der Waals surface area contributed by atoms with Gasteiger partial charge >= 0.3 is 5.69 Å². The molecule has 134 valence electrons. The lowest BCUT2D eigenvalue weighted by atomic mass is 9.73. The third-order valence-corrected chi connectivity index (χ3v) is 5.51. The van der Waals surface area contributed by atoms with Gasteiger partial charge in [0.1, 0.15) is 5.82 Å². The minimum Gasteiger partial charge on any atom is -0.260 e. The molecule has 5 heteroatoms. The van der Waals surface area contributed by atoms with E-state index < -0.39 is 11.5 Å². The number of rotatable bonds is 3. The van der Waals surface area contributed by atoms with E-state index >= 15 is 0 Å². The molecule has 0 saturated heterocycles. The number of aromatic nitrogens is 2. The first-order valence-corrected chi connectivity index (χ1v) is 9.28. The first kappa shape index (κ1) is 17.2. The first-order valence-electron chi connectivity index (χ1n) is 8.90. The first-order chi connectivity index (χ1) is 12.4. The van der Waals surface area contributed by atoms with E-state index in [9.17, 15) is 9.18 Å². The van der Waals surface area contributed by atoms with Crippen LogP contribution < -0.4 is 5.69 Å². The van der Waals surface area contributed by atoms with Gasteiger partial charge in [0.05, 0.1) is 22.3 Å². The molecule has 3 nitrogen and oxygen atoms in total. The Balaban J connectivity index is 1.98. The van der Waals surface area contributed by atoms with Crippen molar-refractivity contribution in [2.45, 2.75) is 33.1 Å². The van der Waals surface area contributed by atoms with Crippen molar-refractivity contribution in [3.05, 3.63) is 69.0 Å². The van der Waals surface area contributed by atoms with Crippen molar-refractivity contribution in [3.8, 4) is 5.69 Å². The molecule has 1 aliphatic rings. The fraction of sp³-hybridized carbons (Fsp3) is 0.333. The molecule has 0 atom stereocenters. The molecular weight excluding hydrogens is 351 g/mol. The van der Waals surface area contributed by atoms with Gasteiger partial charge in [-0.05, 0) is 61.8 Å². The SMILES string of the molecule is Cc1ccccc1-n1c(=O)nc(CC2CC(C)C2)c2c(F)cc(Cl)cc21. The number of fused-ring (bicyclic) bond motifs is 1. The lowest BCUT2D eigenvalue weighted by Gasteiger charge is -2.32. The maximum Gasteiger partial charge on any atom is 0.352 e. The molecule has 0 N–H and O–H groups in total. The summed E-state index contributed by atoms with van der Waals surface area (Å²) in [4.78, 5) is 17.1. The number of halogens is 2. The van der Waals surface area contributed by atoms with E-state index in [1.165, 1.54) is 10.6 Å². The predicted octanol–water partition coefficient (Wildman–Crippen LogP) is 5.08. The summed E-state index contributed by atoms with van der Waals surface area (Å²) in [7, 11) is 0. The molecule has 0 bridgehead atoms. The van der Waals surface area contributed by atoms with Crippen LogP contribution in [0.15, 0.2) is 41.2 Å². The summed E-state index contributed by atoms with van der Waals surface area (Å²) in [5.41, 5.74) is 2.24. The molecule has 0 amide bonds. The lowest BCUT2D eigenvalue weighted by Crippen LogP contribution is -2.28. The predicted molar refractivity (Wildman–Crippen MR) is 103 cm³/mol. The van der Waals surface area contributed by atoms with Crippen molar-refractivity contribution in [2.75, 3.05) is 0 Å². The van der Waals surface area contributed by atoms with Gasteiger partial charge in [-0.15, -0.1) is 0 Å². The van der Waals surface area contributed by atoms with Gasteiger partial charge in [0, 0.05) is 5.02 Å². The minimum absolute atomic E-state index is 0.270. The zero-order valence-corrected chi connectivity index (χ0v) is 15.6. The molecule has 1 fully saturated rings. The Morgan fingerprint density at radius 2 is 2.00 bits per heavy atom. The fourth-order valence-corrected chi connectivity index (χ4v) is 4.25. The second kappa shape index (κ2) is 6.51. The minimum atomic E-state index is -0.426. The molecule has 1 heterocycles. The highest BCUT2D eigenvalue weighted by Crippen LogP contribution is 2.37. The molecule has 0 aliphatic heterocycles. The molecule has 4 rings (SSSR count). The van der Waals surface area contributed by atoms with Gasteiger partial charge in [-0.25, -0.2) is 9.18 Å². The van der Waals surface area contributed by atoms with Crippen LogP contribution in [-0.4, -0.2) is 9.55 Å². The molecule has 0 unspecified atom stereocenters. The molecule has 26 heavy (non-hydrogen) atoms. The highest BCUT2D eigenvalue weighted by Gasteiger charge is 2.28. The summed E-state index contributed by atoms with van der Waals surface area (Å²) >= 11 is 6.12. The molecule has 0 spiro atoms. The van der Waals surface area contributed by atoms with E-state index in [1.807, 2.05) is 31.2 Å². The Labute approximate surface area is 156 Å². The van der Waals surface area contributed by atoms with Gasteiger partial charge in [0.25, 0.3) is 0 Å². The number of benzene rings is 2. The number of aryl methyl sites for hydroxylation is 1. The van der Waals surface area contributed by atoms with Gasteiger partial charge in [-0.2, -0.15) is 4.98 Å². The number of hydrogen-bond acceptors (Lipinski definition) is 2. The third-order valence-electron chi connectivity index (χ3n) is 5.30. The zero-order valence-electron chi connectivity index (χ0n) is 14.8. The molecule has 2 aromatic carbocycles. The maximum absolute atomic E-state index is 14.8. The summed E-state index contributed by atoms with van der Waals surface area (Å²) < 4.78 is 16.3. The van der Waals surface area contributed by atoms with Gasteiger partial charge in [0.15, 0.2) is 0 Å². The molecule has 1 aromatic heterocycles. The van der Waals surface area contributed by atoms with E-state index in [4.69, 9.17) is 11.6 Å². The quantitative estimate of drug-likeness (QED) is 0.644. The monoisotopic (exact) mass is 370 g/mol. The Morgan fingerprint density at radius 1 is 1.27 bits per heavy atom. The zero-order chi connectivity index (χ0) is 18.4. The molecular formula is C21H20ClFN2O. The van der Waals surface area contributed by atoms with Gasteiger partial charge < -0.3 is 0 Å². The number of para-hydroxylation sites is 1. The van der Waals surface area contributed by atoms with Crippen molar-refractivity contribution in [2.24, 2.45) is 11.8 Å². The summed E-state index contributed by atoms with van der Waals surface area (Å²) in [5, 5.41) is 0.669. The van der Waals surface area contributed by atoms with Gasteiger partial charge in [-0.3, -0.25) is 4.57 Å². The standard InChI is InChI=1S/C21H20ClFN2O/c1-12-7-14(8-12)9-17-20-16(23)10-15(22)11-19(20)25(21(26)24-17)18-6-4-3-5-13(18)2/h3-6,10-12,14H,7-9H2,1-2H3. The van der Waals surface area contributed by atoms with Crippen LogP contribution in [0.3, 0.4) is 0 Å². The second-order valence-corrected chi connectivity index (χ2v) is 7.83. The fourth-order valence-electron chi connectivity index (χ4n) is 4.05. The van der Waals surface area contributed by atoms with Crippen LogP contribution >= 0.6 is 11.6 Å². The van der Waals surface area contributed by atoms with Crippen molar-refractivity contribution in [1.82, 2.24) is 9.55 Å². The van der Waals surface area contributed by atoms with Crippen LogP contribution in [0.25, 0.3) is 16.6 Å². The molecule has 0 radical (unpaired) electrons. The maximum atomic E-state index is 14.8. The number of nitrogens with zero attached hydrogens (tertiary/aromatic N) is 2. The van der Waals surface area contributed by atoms with Gasteiger partial charge in [0.2, 0.25) is 0 Å². The third kappa shape index (κ3) is 2.92.